The lowest BCUT2D eigenvalue weighted by atomic mass is 10.1. The Morgan fingerprint density at radius 1 is 1.36 bits per heavy atom. The van der Waals surface area contributed by atoms with E-state index >= 15 is 0 Å². The second kappa shape index (κ2) is 5.92. The zero-order valence-corrected chi connectivity index (χ0v) is 7.87. The first-order chi connectivity index (χ1) is 6.47. The second-order valence-electron chi connectivity index (χ2n) is 2.77. The van der Waals surface area contributed by atoms with Crippen LogP contribution in [-0.4, -0.2) is 23.8 Å². The van der Waals surface area contributed by atoms with Crippen molar-refractivity contribution in [1.29, 1.82) is 0 Å². The normalized spacial score (nSPS) is 11.6. The van der Waals surface area contributed by atoms with Crippen LogP contribution in [0.15, 0.2) is 0 Å². The molecule has 0 saturated heterocycles. The Morgan fingerprint density at radius 3 is 2.29 bits per heavy atom. The van der Waals surface area contributed by atoms with Gasteiger partial charge in [0, 0.05) is 13.3 Å². The first kappa shape index (κ1) is 12.4. The van der Waals surface area contributed by atoms with Crippen LogP contribution in [0.3, 0.4) is 0 Å². The van der Waals surface area contributed by atoms with Crippen molar-refractivity contribution in [2.45, 2.75) is 25.8 Å². The molecule has 0 spiro atoms. The van der Waals surface area contributed by atoms with Crippen molar-refractivity contribution < 1.29 is 14.4 Å². The number of amides is 3. The van der Waals surface area contributed by atoms with Crippen LogP contribution in [-0.2, 0) is 14.4 Å². The lowest BCUT2D eigenvalue weighted by Gasteiger charge is -2.14. The highest BCUT2D eigenvalue weighted by Crippen LogP contribution is 1.96. The first-order valence-electron chi connectivity index (χ1n) is 4.03. The molecule has 0 heterocycles. The zero-order chi connectivity index (χ0) is 11.1. The molecule has 1 atom stereocenters. The molecule has 6 N–H and O–H groups in total. The Morgan fingerprint density at radius 2 is 1.93 bits per heavy atom. The maximum absolute atomic E-state index is 11.1. The van der Waals surface area contributed by atoms with Gasteiger partial charge in [0.05, 0.1) is 0 Å². The van der Waals surface area contributed by atoms with Crippen LogP contribution >= 0.6 is 0 Å². The van der Waals surface area contributed by atoms with Crippen LogP contribution < -0.4 is 22.3 Å². The Labute approximate surface area is 81.2 Å². The van der Waals surface area contributed by atoms with Crippen LogP contribution in [0.25, 0.3) is 0 Å². The predicted octanol–water partition coefficient (Wildman–Crippen LogP) is -2.25. The SMILES string of the molecule is CC(=O)NC(CCC(N)=O)C(=O)NN. The van der Waals surface area contributed by atoms with Gasteiger partial charge < -0.3 is 11.1 Å². The van der Waals surface area contributed by atoms with Gasteiger partial charge in [0.15, 0.2) is 0 Å². The summed E-state index contributed by atoms with van der Waals surface area (Å²) in [4.78, 5) is 32.2. The average Bonchev–Trinajstić information content (AvgIpc) is 2.10. The lowest BCUT2D eigenvalue weighted by molar-refractivity contribution is -0.128. The van der Waals surface area contributed by atoms with E-state index in [2.05, 4.69) is 5.32 Å². The molecule has 3 amide bonds. The fraction of sp³-hybridized carbons (Fsp3) is 0.571. The minimum Gasteiger partial charge on any atom is -0.370 e. The van der Waals surface area contributed by atoms with E-state index in [9.17, 15) is 14.4 Å². The quantitative estimate of drug-likeness (QED) is 0.228. The van der Waals surface area contributed by atoms with E-state index in [1.165, 1.54) is 6.92 Å². The minimum absolute atomic E-state index is 0.0123. The number of hydrogen-bond acceptors (Lipinski definition) is 4. The van der Waals surface area contributed by atoms with Crippen molar-refractivity contribution in [2.24, 2.45) is 11.6 Å². The molecule has 0 aromatic rings. The number of rotatable bonds is 5. The number of nitrogens with two attached hydrogens (primary N) is 2. The highest BCUT2D eigenvalue weighted by molar-refractivity contribution is 5.87. The summed E-state index contributed by atoms with van der Waals surface area (Å²) in [6, 6.07) is -0.815. The van der Waals surface area contributed by atoms with Crippen LogP contribution in [0.2, 0.25) is 0 Å². The summed E-state index contributed by atoms with van der Waals surface area (Å²) in [5.74, 6) is 3.42. The van der Waals surface area contributed by atoms with Gasteiger partial charge in [-0.15, -0.1) is 0 Å². The van der Waals surface area contributed by atoms with E-state index in [0.717, 1.165) is 0 Å². The largest absolute Gasteiger partial charge is 0.370 e. The van der Waals surface area contributed by atoms with Gasteiger partial charge >= 0.3 is 0 Å². The van der Waals surface area contributed by atoms with Gasteiger partial charge in [-0.25, -0.2) is 5.84 Å². The molecule has 80 valence electrons. The van der Waals surface area contributed by atoms with Gasteiger partial charge in [-0.05, 0) is 6.42 Å². The van der Waals surface area contributed by atoms with E-state index in [-0.39, 0.29) is 18.7 Å². The number of primary amides is 1. The summed E-state index contributed by atoms with van der Waals surface area (Å²) in [6.45, 7) is 1.26. The smallest absolute Gasteiger partial charge is 0.256 e. The monoisotopic (exact) mass is 202 g/mol. The molecule has 0 aliphatic carbocycles. The predicted molar refractivity (Wildman–Crippen MR) is 48.4 cm³/mol. The van der Waals surface area contributed by atoms with E-state index in [1.54, 1.807) is 0 Å². The lowest BCUT2D eigenvalue weighted by Crippen LogP contribution is -2.48. The molecule has 0 aliphatic rings. The number of hydrazine groups is 1. The number of carbonyl (C=O) groups is 3. The van der Waals surface area contributed by atoms with Gasteiger partial charge in [-0.2, -0.15) is 0 Å². The number of hydrogen-bond donors (Lipinski definition) is 4. The van der Waals surface area contributed by atoms with Gasteiger partial charge in [0.1, 0.15) is 6.04 Å². The van der Waals surface area contributed by atoms with Crippen LogP contribution in [0, 0.1) is 0 Å². The van der Waals surface area contributed by atoms with Gasteiger partial charge in [-0.3, -0.25) is 19.8 Å². The summed E-state index contributed by atoms with van der Waals surface area (Å²) in [6.07, 6.45) is 0.149. The molecule has 0 aromatic heterocycles. The third-order valence-corrected chi connectivity index (χ3v) is 1.52. The van der Waals surface area contributed by atoms with E-state index in [1.807, 2.05) is 5.43 Å². The molecule has 14 heavy (non-hydrogen) atoms. The third-order valence-electron chi connectivity index (χ3n) is 1.52. The maximum atomic E-state index is 11.1. The van der Waals surface area contributed by atoms with Crippen molar-refractivity contribution in [3.8, 4) is 0 Å². The van der Waals surface area contributed by atoms with Crippen LogP contribution in [0.4, 0.5) is 0 Å². The maximum Gasteiger partial charge on any atom is 0.256 e. The van der Waals surface area contributed by atoms with Crippen molar-refractivity contribution in [2.75, 3.05) is 0 Å². The average molecular weight is 202 g/mol. The molecule has 0 bridgehead atoms. The molecule has 0 aliphatic heterocycles. The molecule has 0 rings (SSSR count). The summed E-state index contributed by atoms with van der Waals surface area (Å²) >= 11 is 0. The van der Waals surface area contributed by atoms with Crippen LogP contribution in [0.5, 0.6) is 0 Å². The summed E-state index contributed by atoms with van der Waals surface area (Å²) < 4.78 is 0. The van der Waals surface area contributed by atoms with E-state index in [4.69, 9.17) is 11.6 Å². The molecule has 0 saturated carbocycles. The molecule has 7 heteroatoms. The van der Waals surface area contributed by atoms with Crippen molar-refractivity contribution in [3.63, 3.8) is 0 Å². The van der Waals surface area contributed by atoms with Gasteiger partial charge in [0.25, 0.3) is 5.91 Å². The Balaban J connectivity index is 4.17. The second-order valence-corrected chi connectivity index (χ2v) is 2.77. The van der Waals surface area contributed by atoms with E-state index in [0.29, 0.717) is 0 Å². The molecule has 1 unspecified atom stereocenters. The Bertz CT molecular complexity index is 241. The van der Waals surface area contributed by atoms with Crippen molar-refractivity contribution >= 4 is 17.7 Å². The topological polar surface area (TPSA) is 127 Å². The van der Waals surface area contributed by atoms with Crippen molar-refractivity contribution in [1.82, 2.24) is 10.7 Å². The fourth-order valence-corrected chi connectivity index (χ4v) is 0.901. The standard InChI is InChI=1S/C7H14N4O3/c1-4(12)10-5(7(14)11-9)2-3-6(8)13/h5H,2-3,9H2,1H3,(H2,8,13)(H,10,12)(H,11,14). The number of carbonyl (C=O) groups excluding carboxylic acids is 3. The fourth-order valence-electron chi connectivity index (χ4n) is 0.901. The Kier molecular flexibility index (Phi) is 5.23. The molecular weight excluding hydrogens is 188 g/mol. The first-order valence-corrected chi connectivity index (χ1v) is 4.03. The molecule has 0 fully saturated rings. The number of nitrogens with one attached hydrogen (secondary N) is 2. The minimum atomic E-state index is -0.815. The van der Waals surface area contributed by atoms with Gasteiger partial charge in [-0.1, -0.05) is 0 Å². The van der Waals surface area contributed by atoms with E-state index < -0.39 is 17.9 Å². The molecule has 7 nitrogen and oxygen atoms in total. The Hall–Kier alpha value is -1.63. The van der Waals surface area contributed by atoms with Gasteiger partial charge in [0.2, 0.25) is 11.8 Å². The molecular formula is C7H14N4O3. The zero-order valence-electron chi connectivity index (χ0n) is 7.87. The summed E-state index contributed by atoms with van der Waals surface area (Å²) in [5, 5.41) is 2.35. The highest BCUT2D eigenvalue weighted by atomic mass is 16.2. The molecule has 0 aromatic carbocycles. The molecule has 0 radical (unpaired) electrons. The van der Waals surface area contributed by atoms with Crippen LogP contribution in [0.1, 0.15) is 19.8 Å². The third kappa shape index (κ3) is 5.09. The summed E-state index contributed by atoms with van der Waals surface area (Å²) in [7, 11) is 0. The van der Waals surface area contributed by atoms with Crippen molar-refractivity contribution in [3.05, 3.63) is 0 Å². The summed E-state index contributed by atoms with van der Waals surface area (Å²) in [5.41, 5.74) is 6.79. The highest BCUT2D eigenvalue weighted by Gasteiger charge is 2.18.